The first kappa shape index (κ1) is 19.2. The number of hydrogen-bond donors (Lipinski definition) is 1. The van der Waals surface area contributed by atoms with Crippen LogP contribution in [0.1, 0.15) is 5.56 Å². The van der Waals surface area contributed by atoms with Crippen LogP contribution in [0, 0.1) is 5.92 Å². The van der Waals surface area contributed by atoms with Crippen molar-refractivity contribution >= 4 is 23.5 Å². The highest BCUT2D eigenvalue weighted by atomic mass is 16.5. The van der Waals surface area contributed by atoms with E-state index < -0.39 is 23.8 Å². The van der Waals surface area contributed by atoms with E-state index in [1.165, 1.54) is 21.3 Å². The smallest absolute Gasteiger partial charge is 0.335 e. The summed E-state index contributed by atoms with van der Waals surface area (Å²) in [6.07, 6.45) is 0.0325. The second-order valence-electron chi connectivity index (χ2n) is 6.05. The minimum atomic E-state index is -1.09. The van der Waals surface area contributed by atoms with Crippen molar-refractivity contribution in [2.24, 2.45) is 5.92 Å². The van der Waals surface area contributed by atoms with Crippen LogP contribution >= 0.6 is 0 Å². The topological polar surface area (TPSA) is 94.2 Å². The standard InChI is InChI=1S/C20H20N2O6/c1-26-15-10-9-12(16(27-2)17(15)28-3)11-14-18(23)21-20(25)22(19(14)24)13-7-5-4-6-8-13/h4-10,14H,11H2,1-3H3,(H,21,23,25). The fraction of sp³-hybridized carbons (Fsp3) is 0.250. The largest absolute Gasteiger partial charge is 0.493 e. The summed E-state index contributed by atoms with van der Waals surface area (Å²) in [5.74, 6) is -1.16. The summed E-state index contributed by atoms with van der Waals surface area (Å²) in [6.45, 7) is 0. The number of para-hydroxylation sites is 1. The average Bonchev–Trinajstić information content (AvgIpc) is 2.70. The number of carbonyl (C=O) groups excluding carboxylic acids is 3. The third-order valence-corrected chi connectivity index (χ3v) is 4.49. The van der Waals surface area contributed by atoms with Gasteiger partial charge in [0.15, 0.2) is 11.5 Å². The van der Waals surface area contributed by atoms with E-state index in [0.29, 0.717) is 28.5 Å². The molecule has 1 atom stereocenters. The van der Waals surface area contributed by atoms with E-state index >= 15 is 0 Å². The van der Waals surface area contributed by atoms with Crippen LogP contribution < -0.4 is 24.4 Å². The molecule has 0 bridgehead atoms. The molecule has 1 fully saturated rings. The highest BCUT2D eigenvalue weighted by Crippen LogP contribution is 2.41. The fourth-order valence-corrected chi connectivity index (χ4v) is 3.16. The number of benzene rings is 2. The summed E-state index contributed by atoms with van der Waals surface area (Å²) >= 11 is 0. The van der Waals surface area contributed by atoms with Gasteiger partial charge in [-0.3, -0.25) is 14.9 Å². The molecule has 0 aliphatic carbocycles. The molecule has 0 aromatic heterocycles. The van der Waals surface area contributed by atoms with E-state index in [2.05, 4.69) is 5.32 Å². The van der Waals surface area contributed by atoms with Gasteiger partial charge in [-0.2, -0.15) is 0 Å². The van der Waals surface area contributed by atoms with Crippen molar-refractivity contribution in [2.45, 2.75) is 6.42 Å². The summed E-state index contributed by atoms with van der Waals surface area (Å²) in [6, 6.07) is 11.0. The predicted molar refractivity (Wildman–Crippen MR) is 101 cm³/mol. The summed E-state index contributed by atoms with van der Waals surface area (Å²) in [4.78, 5) is 38.6. The Bertz CT molecular complexity index is 912. The van der Waals surface area contributed by atoms with Gasteiger partial charge in [-0.15, -0.1) is 0 Å². The maximum Gasteiger partial charge on any atom is 0.335 e. The normalized spacial score (nSPS) is 16.6. The third-order valence-electron chi connectivity index (χ3n) is 4.49. The van der Waals surface area contributed by atoms with Crippen molar-refractivity contribution in [3.63, 3.8) is 0 Å². The van der Waals surface area contributed by atoms with E-state index in [-0.39, 0.29) is 6.42 Å². The zero-order valence-corrected chi connectivity index (χ0v) is 15.7. The van der Waals surface area contributed by atoms with Crippen LogP contribution in [0.15, 0.2) is 42.5 Å². The molecule has 2 aromatic rings. The number of barbiturate groups is 1. The number of urea groups is 1. The van der Waals surface area contributed by atoms with Crippen LogP contribution in [0.25, 0.3) is 0 Å². The molecule has 0 radical (unpaired) electrons. The quantitative estimate of drug-likeness (QED) is 0.767. The van der Waals surface area contributed by atoms with Crippen molar-refractivity contribution < 1.29 is 28.6 Å². The van der Waals surface area contributed by atoms with Crippen molar-refractivity contribution in [3.8, 4) is 17.2 Å². The number of anilines is 1. The number of methoxy groups -OCH3 is 3. The van der Waals surface area contributed by atoms with Gasteiger partial charge < -0.3 is 14.2 Å². The molecule has 1 aliphatic rings. The first-order valence-electron chi connectivity index (χ1n) is 8.53. The molecule has 1 unspecified atom stereocenters. The van der Waals surface area contributed by atoms with Crippen molar-refractivity contribution in [1.82, 2.24) is 5.32 Å². The molecule has 1 N–H and O–H groups in total. The molecule has 8 nitrogen and oxygen atoms in total. The van der Waals surface area contributed by atoms with Gasteiger partial charge >= 0.3 is 6.03 Å². The van der Waals surface area contributed by atoms with Crippen molar-refractivity contribution in [1.29, 1.82) is 0 Å². The number of rotatable bonds is 6. The van der Waals surface area contributed by atoms with Gasteiger partial charge in [0, 0.05) is 0 Å². The fourth-order valence-electron chi connectivity index (χ4n) is 3.16. The Labute approximate surface area is 162 Å². The van der Waals surface area contributed by atoms with Gasteiger partial charge in [-0.1, -0.05) is 24.3 Å². The Morgan fingerprint density at radius 3 is 2.18 bits per heavy atom. The van der Waals surface area contributed by atoms with Crippen molar-refractivity contribution in [3.05, 3.63) is 48.0 Å². The summed E-state index contributed by atoms with van der Waals surface area (Å²) in [5, 5.41) is 2.25. The van der Waals surface area contributed by atoms with E-state index in [1.54, 1.807) is 42.5 Å². The van der Waals surface area contributed by atoms with Gasteiger partial charge in [0.2, 0.25) is 17.6 Å². The minimum Gasteiger partial charge on any atom is -0.493 e. The molecule has 4 amide bonds. The van der Waals surface area contributed by atoms with Crippen LogP contribution in [-0.2, 0) is 16.0 Å². The van der Waals surface area contributed by atoms with Gasteiger partial charge in [0.05, 0.1) is 27.0 Å². The SMILES string of the molecule is COc1ccc(CC2C(=O)NC(=O)N(c3ccccc3)C2=O)c(OC)c1OC. The lowest BCUT2D eigenvalue weighted by molar-refractivity contribution is -0.134. The van der Waals surface area contributed by atoms with Crippen molar-refractivity contribution in [2.75, 3.05) is 26.2 Å². The molecule has 1 aliphatic heterocycles. The third kappa shape index (κ3) is 3.36. The summed E-state index contributed by atoms with van der Waals surface area (Å²) in [5.41, 5.74) is 0.970. The van der Waals surface area contributed by atoms with E-state index in [9.17, 15) is 14.4 Å². The Kier molecular flexibility index (Phi) is 5.49. The van der Waals surface area contributed by atoms with Crippen LogP contribution in [0.5, 0.6) is 17.2 Å². The maximum atomic E-state index is 13.0. The monoisotopic (exact) mass is 384 g/mol. The summed E-state index contributed by atoms with van der Waals surface area (Å²) < 4.78 is 16.0. The second kappa shape index (κ2) is 7.99. The van der Waals surface area contributed by atoms with Gasteiger partial charge in [0.25, 0.3) is 0 Å². The van der Waals surface area contributed by atoms with E-state index in [0.717, 1.165) is 4.90 Å². The number of nitrogens with zero attached hydrogens (tertiary/aromatic N) is 1. The number of imide groups is 2. The average molecular weight is 384 g/mol. The molecule has 1 saturated heterocycles. The molecular weight excluding hydrogens is 364 g/mol. The number of hydrogen-bond acceptors (Lipinski definition) is 6. The number of nitrogens with one attached hydrogen (secondary N) is 1. The highest BCUT2D eigenvalue weighted by Gasteiger charge is 2.41. The molecule has 146 valence electrons. The molecule has 3 rings (SSSR count). The summed E-state index contributed by atoms with van der Waals surface area (Å²) in [7, 11) is 4.43. The molecule has 0 saturated carbocycles. The molecule has 1 heterocycles. The molecule has 8 heteroatoms. The van der Waals surface area contributed by atoms with Gasteiger partial charge in [-0.25, -0.2) is 9.69 Å². The zero-order valence-electron chi connectivity index (χ0n) is 15.7. The molecular formula is C20H20N2O6. The minimum absolute atomic E-state index is 0.0325. The van der Waals surface area contributed by atoms with Crippen LogP contribution in [0.3, 0.4) is 0 Å². The molecule has 28 heavy (non-hydrogen) atoms. The Balaban J connectivity index is 1.96. The van der Waals surface area contributed by atoms with Gasteiger partial charge in [-0.05, 0) is 30.2 Å². The van der Waals surface area contributed by atoms with Crippen LogP contribution in [0.4, 0.5) is 10.5 Å². The Hall–Kier alpha value is -3.55. The lowest BCUT2D eigenvalue weighted by atomic mass is 9.94. The zero-order chi connectivity index (χ0) is 20.3. The van der Waals surface area contributed by atoms with Crippen LogP contribution in [0.2, 0.25) is 0 Å². The Morgan fingerprint density at radius 2 is 1.57 bits per heavy atom. The number of ether oxygens (including phenoxy) is 3. The van der Waals surface area contributed by atoms with Crippen LogP contribution in [-0.4, -0.2) is 39.2 Å². The molecule has 2 aromatic carbocycles. The number of amides is 4. The highest BCUT2D eigenvalue weighted by molar-refractivity contribution is 6.27. The number of carbonyl (C=O) groups is 3. The second-order valence-corrected chi connectivity index (χ2v) is 6.05. The lowest BCUT2D eigenvalue weighted by Gasteiger charge is -2.30. The first-order chi connectivity index (χ1) is 13.5. The predicted octanol–water partition coefficient (Wildman–Crippen LogP) is 2.15. The first-order valence-corrected chi connectivity index (χ1v) is 8.53. The molecule has 0 spiro atoms. The van der Waals surface area contributed by atoms with Gasteiger partial charge in [0.1, 0.15) is 5.92 Å². The maximum absolute atomic E-state index is 13.0. The lowest BCUT2D eigenvalue weighted by Crippen LogP contribution is -2.58. The van der Waals surface area contributed by atoms with E-state index in [1.807, 2.05) is 0 Å². The van der Waals surface area contributed by atoms with E-state index in [4.69, 9.17) is 14.2 Å². The Morgan fingerprint density at radius 1 is 0.893 bits per heavy atom.